The summed E-state index contributed by atoms with van der Waals surface area (Å²) < 4.78 is 13.3. The quantitative estimate of drug-likeness (QED) is 0.753. The van der Waals surface area contributed by atoms with Crippen LogP contribution < -0.4 is 5.32 Å². The van der Waals surface area contributed by atoms with Gasteiger partial charge in [0, 0.05) is 5.54 Å². The summed E-state index contributed by atoms with van der Waals surface area (Å²) in [5, 5.41) is 3.43. The molecule has 0 saturated heterocycles. The lowest BCUT2D eigenvalue weighted by atomic mass is 10.1. The Morgan fingerprint density at radius 2 is 1.81 bits per heavy atom. The lowest BCUT2D eigenvalue weighted by Gasteiger charge is -2.20. The Morgan fingerprint density at radius 3 is 2.44 bits per heavy atom. The average Bonchev–Trinajstić information content (AvgIpc) is 2.18. The van der Waals surface area contributed by atoms with Crippen LogP contribution in [0.2, 0.25) is 0 Å². The van der Waals surface area contributed by atoms with Gasteiger partial charge in [0.25, 0.3) is 0 Å². The highest BCUT2D eigenvalue weighted by Crippen LogP contribution is 2.10. The molecule has 0 amide bonds. The van der Waals surface area contributed by atoms with E-state index in [0.717, 1.165) is 31.4 Å². The van der Waals surface area contributed by atoms with E-state index in [1.165, 1.54) is 6.07 Å². The van der Waals surface area contributed by atoms with Gasteiger partial charge in [-0.05, 0) is 58.2 Å². The molecule has 0 heterocycles. The third-order valence-corrected chi connectivity index (χ3v) is 2.49. The second kappa shape index (κ2) is 6.00. The summed E-state index contributed by atoms with van der Waals surface area (Å²) >= 11 is 0. The van der Waals surface area contributed by atoms with Gasteiger partial charge in [-0.25, -0.2) is 4.39 Å². The first-order valence-electron chi connectivity index (χ1n) is 5.97. The number of benzene rings is 1. The summed E-state index contributed by atoms with van der Waals surface area (Å²) in [6.07, 6.45) is 2.95. The maximum Gasteiger partial charge on any atom is 0.126 e. The molecule has 0 fully saturated rings. The van der Waals surface area contributed by atoms with Crippen LogP contribution in [0.15, 0.2) is 24.3 Å². The second-order valence-electron chi connectivity index (χ2n) is 5.23. The topological polar surface area (TPSA) is 12.0 Å². The van der Waals surface area contributed by atoms with Crippen molar-refractivity contribution in [2.75, 3.05) is 6.54 Å². The van der Waals surface area contributed by atoms with Crippen LogP contribution in [-0.4, -0.2) is 12.1 Å². The van der Waals surface area contributed by atoms with Crippen molar-refractivity contribution in [3.05, 3.63) is 35.6 Å². The highest BCUT2D eigenvalue weighted by Gasteiger charge is 2.07. The molecule has 0 atom stereocenters. The first kappa shape index (κ1) is 13.2. The van der Waals surface area contributed by atoms with E-state index in [1.807, 2.05) is 12.1 Å². The molecule has 1 nitrogen and oxygen atoms in total. The van der Waals surface area contributed by atoms with Gasteiger partial charge in [-0.15, -0.1) is 0 Å². The number of unbranched alkanes of at least 4 members (excludes halogenated alkanes) is 1. The Hall–Kier alpha value is -0.890. The Bertz CT molecular complexity index is 315. The van der Waals surface area contributed by atoms with Crippen molar-refractivity contribution in [3.8, 4) is 0 Å². The van der Waals surface area contributed by atoms with E-state index < -0.39 is 0 Å². The van der Waals surface area contributed by atoms with Gasteiger partial charge >= 0.3 is 0 Å². The van der Waals surface area contributed by atoms with E-state index in [1.54, 1.807) is 6.07 Å². The van der Waals surface area contributed by atoms with Gasteiger partial charge in [-0.3, -0.25) is 0 Å². The molecule has 16 heavy (non-hydrogen) atoms. The van der Waals surface area contributed by atoms with E-state index in [0.29, 0.717) is 0 Å². The molecule has 0 aliphatic rings. The van der Waals surface area contributed by atoms with E-state index in [2.05, 4.69) is 26.1 Å². The molecule has 2 heteroatoms. The fraction of sp³-hybridized carbons (Fsp3) is 0.571. The van der Waals surface area contributed by atoms with Gasteiger partial charge in [0.2, 0.25) is 0 Å². The highest BCUT2D eigenvalue weighted by atomic mass is 19.1. The molecule has 90 valence electrons. The summed E-state index contributed by atoms with van der Waals surface area (Å²) in [6.45, 7) is 7.47. The summed E-state index contributed by atoms with van der Waals surface area (Å²) in [4.78, 5) is 0. The predicted molar refractivity (Wildman–Crippen MR) is 67.1 cm³/mol. The maximum atomic E-state index is 13.3. The molecule has 0 aliphatic carbocycles. The van der Waals surface area contributed by atoms with Gasteiger partial charge < -0.3 is 5.32 Å². The van der Waals surface area contributed by atoms with Crippen molar-refractivity contribution in [2.24, 2.45) is 0 Å². The van der Waals surface area contributed by atoms with Crippen molar-refractivity contribution in [2.45, 2.75) is 45.6 Å². The first-order chi connectivity index (χ1) is 7.49. The molecule has 1 aromatic carbocycles. The third kappa shape index (κ3) is 5.26. The van der Waals surface area contributed by atoms with Crippen LogP contribution in [0.4, 0.5) is 4.39 Å². The number of halogens is 1. The van der Waals surface area contributed by atoms with E-state index in [-0.39, 0.29) is 11.4 Å². The van der Waals surface area contributed by atoms with Crippen LogP contribution in [-0.2, 0) is 6.42 Å². The van der Waals surface area contributed by atoms with E-state index in [4.69, 9.17) is 0 Å². The minimum atomic E-state index is -0.0775. The lowest BCUT2D eigenvalue weighted by molar-refractivity contribution is 0.418. The molecule has 0 aliphatic heterocycles. The summed E-state index contributed by atoms with van der Waals surface area (Å²) in [5.41, 5.74) is 1.01. The number of hydrogen-bond acceptors (Lipinski definition) is 1. The number of aryl methyl sites for hydroxylation is 1. The fourth-order valence-corrected chi connectivity index (χ4v) is 1.60. The van der Waals surface area contributed by atoms with Crippen LogP contribution in [0.5, 0.6) is 0 Å². The van der Waals surface area contributed by atoms with Gasteiger partial charge in [0.15, 0.2) is 0 Å². The van der Waals surface area contributed by atoms with E-state index >= 15 is 0 Å². The molecule has 0 spiro atoms. The fourth-order valence-electron chi connectivity index (χ4n) is 1.60. The van der Waals surface area contributed by atoms with Crippen molar-refractivity contribution >= 4 is 0 Å². The Morgan fingerprint density at radius 1 is 1.12 bits per heavy atom. The monoisotopic (exact) mass is 223 g/mol. The minimum absolute atomic E-state index is 0.0775. The van der Waals surface area contributed by atoms with Gasteiger partial charge in [-0.1, -0.05) is 18.2 Å². The maximum absolute atomic E-state index is 13.3. The standard InChI is InChI=1S/C14H22FN/c1-14(2,3)16-11-7-6-9-12-8-4-5-10-13(12)15/h4-5,8,10,16H,6-7,9,11H2,1-3H3. The van der Waals surface area contributed by atoms with Crippen LogP contribution >= 0.6 is 0 Å². The third-order valence-electron chi connectivity index (χ3n) is 2.49. The Kier molecular flexibility index (Phi) is 4.94. The summed E-state index contributed by atoms with van der Waals surface area (Å²) in [7, 11) is 0. The molecular weight excluding hydrogens is 201 g/mol. The Labute approximate surface area is 98.1 Å². The van der Waals surface area contributed by atoms with Gasteiger partial charge in [0.05, 0.1) is 0 Å². The summed E-state index contributed by atoms with van der Waals surface area (Å²) in [6, 6.07) is 7.03. The van der Waals surface area contributed by atoms with Crippen molar-refractivity contribution in [3.63, 3.8) is 0 Å². The van der Waals surface area contributed by atoms with Gasteiger partial charge in [0.1, 0.15) is 5.82 Å². The van der Waals surface area contributed by atoms with Gasteiger partial charge in [-0.2, -0.15) is 0 Å². The second-order valence-corrected chi connectivity index (χ2v) is 5.23. The smallest absolute Gasteiger partial charge is 0.126 e. The van der Waals surface area contributed by atoms with Crippen LogP contribution in [0.1, 0.15) is 39.2 Å². The molecule has 0 saturated carbocycles. The number of hydrogen-bond donors (Lipinski definition) is 1. The SMILES string of the molecule is CC(C)(C)NCCCCc1ccccc1F. The highest BCUT2D eigenvalue weighted by molar-refractivity contribution is 5.17. The number of nitrogens with one attached hydrogen (secondary N) is 1. The summed E-state index contributed by atoms with van der Waals surface area (Å²) in [5.74, 6) is -0.0775. The van der Waals surface area contributed by atoms with E-state index in [9.17, 15) is 4.39 Å². The lowest BCUT2D eigenvalue weighted by Crippen LogP contribution is -2.36. The average molecular weight is 223 g/mol. The van der Waals surface area contributed by atoms with Crippen molar-refractivity contribution < 1.29 is 4.39 Å². The zero-order valence-electron chi connectivity index (χ0n) is 10.5. The minimum Gasteiger partial charge on any atom is -0.312 e. The van der Waals surface area contributed by atoms with Crippen LogP contribution in [0.25, 0.3) is 0 Å². The molecule has 1 aromatic rings. The largest absolute Gasteiger partial charge is 0.312 e. The predicted octanol–water partition coefficient (Wildman–Crippen LogP) is 3.54. The van der Waals surface area contributed by atoms with Crippen LogP contribution in [0.3, 0.4) is 0 Å². The molecule has 1 N–H and O–H groups in total. The molecule has 1 rings (SSSR count). The molecular formula is C14H22FN. The molecule has 0 bridgehead atoms. The Balaban J connectivity index is 2.19. The molecule has 0 aromatic heterocycles. The zero-order valence-corrected chi connectivity index (χ0v) is 10.5. The molecule has 0 unspecified atom stereocenters. The van der Waals surface area contributed by atoms with Crippen molar-refractivity contribution in [1.82, 2.24) is 5.32 Å². The number of rotatable bonds is 5. The van der Waals surface area contributed by atoms with Crippen LogP contribution in [0, 0.1) is 5.82 Å². The first-order valence-corrected chi connectivity index (χ1v) is 5.97. The zero-order chi connectivity index (χ0) is 12.0. The normalized spacial score (nSPS) is 11.8. The van der Waals surface area contributed by atoms with Crippen molar-refractivity contribution in [1.29, 1.82) is 0 Å². The molecule has 0 radical (unpaired) electrons.